The third-order valence-electron chi connectivity index (χ3n) is 4.13. The second kappa shape index (κ2) is 10.1. The molecule has 30 heavy (non-hydrogen) atoms. The second-order valence-corrected chi connectivity index (χ2v) is 6.17. The summed E-state index contributed by atoms with van der Waals surface area (Å²) >= 11 is 0. The summed E-state index contributed by atoms with van der Waals surface area (Å²) in [5.41, 5.74) is 1.71. The highest BCUT2D eigenvalue weighted by Crippen LogP contribution is 2.24. The molecular formula is C22H18F2N2O4. The Kier molecular flexibility index (Phi) is 7.05. The molecule has 0 radical (unpaired) electrons. The van der Waals surface area contributed by atoms with Crippen molar-refractivity contribution in [1.29, 1.82) is 0 Å². The Balaban J connectivity index is 1.70. The smallest absolute Gasteiger partial charge is 0.387 e. The number of benzene rings is 2. The Morgan fingerprint density at radius 3 is 2.17 bits per heavy atom. The van der Waals surface area contributed by atoms with Gasteiger partial charge in [0.05, 0.1) is 11.6 Å². The fourth-order valence-electron chi connectivity index (χ4n) is 2.75. The fraction of sp³-hybridized carbons (Fsp3) is 0.136. The van der Waals surface area contributed by atoms with Crippen molar-refractivity contribution in [2.24, 2.45) is 0 Å². The van der Waals surface area contributed by atoms with Gasteiger partial charge in [0.1, 0.15) is 5.75 Å². The summed E-state index contributed by atoms with van der Waals surface area (Å²) < 4.78 is 34.1. The topological polar surface area (TPSA) is 77.5 Å². The first-order valence-corrected chi connectivity index (χ1v) is 8.99. The number of hydrogen-bond donors (Lipinski definition) is 1. The van der Waals surface area contributed by atoms with Crippen LogP contribution in [0.3, 0.4) is 0 Å². The highest BCUT2D eigenvalue weighted by molar-refractivity contribution is 5.91. The molecule has 154 valence electrons. The molecule has 3 aromatic rings. The summed E-state index contributed by atoms with van der Waals surface area (Å²) in [7, 11) is 0. The van der Waals surface area contributed by atoms with Crippen LogP contribution >= 0.6 is 0 Å². The van der Waals surface area contributed by atoms with Crippen LogP contribution in [0.25, 0.3) is 0 Å². The van der Waals surface area contributed by atoms with Crippen molar-refractivity contribution < 1.29 is 27.8 Å². The van der Waals surface area contributed by atoms with E-state index in [4.69, 9.17) is 4.74 Å². The van der Waals surface area contributed by atoms with E-state index in [2.05, 4.69) is 15.0 Å². The average Bonchev–Trinajstić information content (AvgIpc) is 2.77. The van der Waals surface area contributed by atoms with Crippen molar-refractivity contribution in [1.82, 2.24) is 10.3 Å². The second-order valence-electron chi connectivity index (χ2n) is 6.17. The third kappa shape index (κ3) is 5.84. The van der Waals surface area contributed by atoms with Gasteiger partial charge >= 0.3 is 12.6 Å². The number of amides is 1. The van der Waals surface area contributed by atoms with E-state index >= 15 is 0 Å². The molecule has 0 fully saturated rings. The molecular weight excluding hydrogens is 394 g/mol. The number of pyridine rings is 1. The molecule has 0 aliphatic heterocycles. The normalized spacial score (nSPS) is 11.6. The van der Waals surface area contributed by atoms with Crippen LogP contribution in [0.15, 0.2) is 79.1 Å². The summed E-state index contributed by atoms with van der Waals surface area (Å²) in [6.45, 7) is -3.40. The molecule has 2 aromatic carbocycles. The first-order valence-electron chi connectivity index (χ1n) is 8.99. The number of ether oxygens (including phenoxy) is 2. The van der Waals surface area contributed by atoms with Crippen molar-refractivity contribution in [3.8, 4) is 5.75 Å². The quantitative estimate of drug-likeness (QED) is 0.571. The van der Waals surface area contributed by atoms with E-state index < -0.39 is 31.1 Å². The Labute approximate surface area is 171 Å². The van der Waals surface area contributed by atoms with Crippen LogP contribution < -0.4 is 10.1 Å². The fourth-order valence-corrected chi connectivity index (χ4v) is 2.75. The van der Waals surface area contributed by atoms with Crippen molar-refractivity contribution in [3.05, 3.63) is 95.8 Å². The molecule has 3 rings (SSSR count). The summed E-state index contributed by atoms with van der Waals surface area (Å²) in [6.07, 6.45) is 2.90. The molecule has 1 heterocycles. The van der Waals surface area contributed by atoms with Crippen LogP contribution in [0.5, 0.6) is 5.75 Å². The minimum Gasteiger partial charge on any atom is -0.452 e. The molecule has 1 atom stereocenters. The Morgan fingerprint density at radius 2 is 1.53 bits per heavy atom. The molecule has 6 nitrogen and oxygen atoms in total. The zero-order chi connectivity index (χ0) is 21.3. The first-order chi connectivity index (χ1) is 14.5. The maximum absolute atomic E-state index is 12.4. The lowest BCUT2D eigenvalue weighted by atomic mass is 9.98. The lowest BCUT2D eigenvalue weighted by Crippen LogP contribution is -2.33. The number of aromatic nitrogens is 1. The molecule has 1 aromatic heterocycles. The Hall–Kier alpha value is -3.81. The number of rotatable bonds is 8. The standard InChI is InChI=1S/C22H18F2N2O4/c23-22(24)30-18-8-6-16(7-9-18)20(15-4-2-1-3-5-15)26-19(27)14-29-21(28)17-10-12-25-13-11-17/h1-13,20,22H,14H2,(H,26,27)/t20-/m0/s1. The van der Waals surface area contributed by atoms with Gasteiger partial charge in [0, 0.05) is 12.4 Å². The Bertz CT molecular complexity index is 967. The number of halogens is 2. The molecule has 0 unspecified atom stereocenters. The molecule has 0 saturated heterocycles. The molecule has 0 spiro atoms. The van der Waals surface area contributed by atoms with Crippen molar-refractivity contribution in [3.63, 3.8) is 0 Å². The van der Waals surface area contributed by atoms with Crippen LogP contribution in [0.2, 0.25) is 0 Å². The van der Waals surface area contributed by atoms with Gasteiger partial charge in [0.2, 0.25) is 0 Å². The molecule has 0 aliphatic carbocycles. The summed E-state index contributed by atoms with van der Waals surface area (Å²) in [6, 6.07) is 17.4. The van der Waals surface area contributed by atoms with Gasteiger partial charge in [-0.25, -0.2) is 4.79 Å². The van der Waals surface area contributed by atoms with Crippen LogP contribution in [0.1, 0.15) is 27.5 Å². The lowest BCUT2D eigenvalue weighted by molar-refractivity contribution is -0.124. The summed E-state index contributed by atoms with van der Waals surface area (Å²) in [5.74, 6) is -1.14. The van der Waals surface area contributed by atoms with E-state index in [0.29, 0.717) is 5.56 Å². The maximum Gasteiger partial charge on any atom is 0.387 e. The van der Waals surface area contributed by atoms with Crippen molar-refractivity contribution >= 4 is 11.9 Å². The number of nitrogens with zero attached hydrogens (tertiary/aromatic N) is 1. The number of alkyl halides is 2. The minimum absolute atomic E-state index is 0.0122. The highest BCUT2D eigenvalue weighted by atomic mass is 19.3. The maximum atomic E-state index is 12.4. The lowest BCUT2D eigenvalue weighted by Gasteiger charge is -2.20. The van der Waals surface area contributed by atoms with Crippen molar-refractivity contribution in [2.45, 2.75) is 12.7 Å². The predicted molar refractivity (Wildman–Crippen MR) is 104 cm³/mol. The number of hydrogen-bond acceptors (Lipinski definition) is 5. The first kappa shape index (κ1) is 20.9. The number of nitrogens with one attached hydrogen (secondary N) is 1. The van der Waals surface area contributed by atoms with E-state index in [9.17, 15) is 18.4 Å². The van der Waals surface area contributed by atoms with Crippen molar-refractivity contribution in [2.75, 3.05) is 6.61 Å². The SMILES string of the molecule is O=C(COC(=O)c1ccncc1)N[C@@H](c1ccccc1)c1ccc(OC(F)F)cc1. The highest BCUT2D eigenvalue weighted by Gasteiger charge is 2.18. The monoisotopic (exact) mass is 412 g/mol. The summed E-state index contributed by atoms with van der Waals surface area (Å²) in [4.78, 5) is 28.2. The summed E-state index contributed by atoms with van der Waals surface area (Å²) in [5, 5.41) is 2.80. The van der Waals surface area contributed by atoms with Gasteiger partial charge in [-0.05, 0) is 35.4 Å². The molecule has 1 N–H and O–H groups in total. The van der Waals surface area contributed by atoms with Crippen LogP contribution in [0.4, 0.5) is 8.78 Å². The number of carbonyl (C=O) groups is 2. The van der Waals surface area contributed by atoms with E-state index in [-0.39, 0.29) is 11.3 Å². The van der Waals surface area contributed by atoms with E-state index in [1.54, 1.807) is 12.1 Å². The molecule has 0 aliphatic rings. The number of esters is 1. The molecule has 0 bridgehead atoms. The largest absolute Gasteiger partial charge is 0.452 e. The average molecular weight is 412 g/mol. The zero-order valence-electron chi connectivity index (χ0n) is 15.7. The van der Waals surface area contributed by atoms with E-state index in [1.165, 1.54) is 36.7 Å². The Morgan fingerprint density at radius 1 is 0.900 bits per heavy atom. The molecule has 0 saturated carbocycles. The van der Waals surface area contributed by atoms with Gasteiger partial charge < -0.3 is 14.8 Å². The third-order valence-corrected chi connectivity index (χ3v) is 4.13. The predicted octanol–water partition coefficient (Wildman–Crippen LogP) is 3.75. The zero-order valence-corrected chi connectivity index (χ0v) is 15.7. The van der Waals surface area contributed by atoms with Gasteiger partial charge in [0.15, 0.2) is 6.61 Å². The van der Waals surface area contributed by atoms with E-state index in [0.717, 1.165) is 5.56 Å². The van der Waals surface area contributed by atoms with E-state index in [1.807, 2.05) is 30.3 Å². The minimum atomic E-state index is -2.92. The van der Waals surface area contributed by atoms with Crippen LogP contribution in [-0.2, 0) is 9.53 Å². The van der Waals surface area contributed by atoms with Gasteiger partial charge in [-0.3, -0.25) is 9.78 Å². The van der Waals surface area contributed by atoms with Gasteiger partial charge in [-0.1, -0.05) is 42.5 Å². The van der Waals surface area contributed by atoms with Crippen LogP contribution in [0, 0.1) is 0 Å². The van der Waals surface area contributed by atoms with Gasteiger partial charge in [-0.15, -0.1) is 0 Å². The van der Waals surface area contributed by atoms with Gasteiger partial charge in [-0.2, -0.15) is 8.78 Å². The molecule has 1 amide bonds. The number of carbonyl (C=O) groups excluding carboxylic acids is 2. The molecule has 8 heteroatoms. The van der Waals surface area contributed by atoms with Crippen LogP contribution in [-0.4, -0.2) is 30.1 Å². The van der Waals surface area contributed by atoms with Gasteiger partial charge in [0.25, 0.3) is 5.91 Å².